The first-order valence-corrected chi connectivity index (χ1v) is 21.3. The lowest BCUT2D eigenvalue weighted by Gasteiger charge is -2.29. The third-order valence-electron chi connectivity index (χ3n) is 9.97. The number of hydrogen-bond donors (Lipinski definition) is 4. The fourth-order valence-corrected chi connectivity index (χ4v) is 8.13. The molecule has 4 amide bonds. The molecular weight excluding hydrogens is 804 g/mol. The van der Waals surface area contributed by atoms with Crippen LogP contribution in [0.3, 0.4) is 0 Å². The molecule has 0 spiro atoms. The van der Waals surface area contributed by atoms with Crippen LogP contribution in [0, 0.1) is 11.8 Å². The Bertz CT molecular complexity index is 2070. The number of carbonyl (C=O) groups is 2. The summed E-state index contributed by atoms with van der Waals surface area (Å²) in [6.45, 7) is 10.6. The van der Waals surface area contributed by atoms with Gasteiger partial charge in [0, 0.05) is 59.8 Å². The molecule has 308 valence electrons. The summed E-state index contributed by atoms with van der Waals surface area (Å²) in [5.74, 6) is 3.71. The minimum Gasteiger partial charge on any atom is -0.297 e. The molecule has 14 nitrogen and oxygen atoms in total. The van der Waals surface area contributed by atoms with Crippen molar-refractivity contribution in [2.75, 3.05) is 47.4 Å². The summed E-state index contributed by atoms with van der Waals surface area (Å²) in [6, 6.07) is 18.3. The van der Waals surface area contributed by atoms with Crippen LogP contribution in [-0.4, -0.2) is 77.9 Å². The van der Waals surface area contributed by atoms with Crippen LogP contribution in [0.2, 0.25) is 0 Å². The number of piperidine rings is 2. The zero-order chi connectivity index (χ0) is 40.1. The summed E-state index contributed by atoms with van der Waals surface area (Å²) in [5.41, 5.74) is 3.87. The lowest BCUT2D eigenvalue weighted by molar-refractivity contribution is 0.183. The number of halogens is 1. The maximum absolute atomic E-state index is 12.3. The van der Waals surface area contributed by atoms with Crippen molar-refractivity contribution in [2.24, 2.45) is 11.8 Å². The minimum absolute atomic E-state index is 0. The molecule has 59 heavy (non-hydrogen) atoms. The van der Waals surface area contributed by atoms with Crippen molar-refractivity contribution < 1.29 is 9.59 Å². The van der Waals surface area contributed by atoms with Gasteiger partial charge in [0.1, 0.15) is 33.3 Å². The molecule has 8 heterocycles. The average molecular weight is 854 g/mol. The molecule has 2 aliphatic rings. The number of hydrogen-bond acceptors (Lipinski definition) is 12. The number of anilines is 4. The largest absolute Gasteiger partial charge is 0.326 e. The maximum Gasteiger partial charge on any atom is 0.326 e. The quantitative estimate of drug-likeness (QED) is 0.104. The van der Waals surface area contributed by atoms with Gasteiger partial charge in [-0.3, -0.25) is 41.0 Å². The Morgan fingerprint density at radius 3 is 1.32 bits per heavy atom. The van der Waals surface area contributed by atoms with Crippen molar-refractivity contribution in [3.8, 4) is 21.1 Å². The molecular formula is C42H49ClN12O2S2. The summed E-state index contributed by atoms with van der Waals surface area (Å²) in [5, 5.41) is 16.4. The zero-order valence-corrected chi connectivity index (χ0v) is 35.5. The fraction of sp³-hybridized carbons (Fsp3) is 0.333. The van der Waals surface area contributed by atoms with Gasteiger partial charge >= 0.3 is 12.1 Å². The molecule has 0 saturated carbocycles. The van der Waals surface area contributed by atoms with Crippen molar-refractivity contribution in [1.82, 2.24) is 39.7 Å². The molecule has 2 fully saturated rings. The summed E-state index contributed by atoms with van der Waals surface area (Å²) < 4.78 is 0. The lowest BCUT2D eigenvalue weighted by atomic mass is 9.99. The first kappa shape index (κ1) is 43.2. The monoisotopic (exact) mass is 852 g/mol. The predicted octanol–water partition coefficient (Wildman–Crippen LogP) is 9.37. The summed E-state index contributed by atoms with van der Waals surface area (Å²) in [6.07, 6.45) is 11.8. The van der Waals surface area contributed by atoms with Crippen molar-refractivity contribution in [3.05, 3.63) is 108 Å². The van der Waals surface area contributed by atoms with E-state index in [1.807, 2.05) is 59.3 Å². The van der Waals surface area contributed by atoms with Crippen LogP contribution >= 0.6 is 35.1 Å². The molecule has 0 atom stereocenters. The maximum atomic E-state index is 12.3. The smallest absolute Gasteiger partial charge is 0.297 e. The Morgan fingerprint density at radius 2 is 0.932 bits per heavy atom. The van der Waals surface area contributed by atoms with Gasteiger partial charge in [0.15, 0.2) is 0 Å². The number of nitrogens with one attached hydrogen (secondary N) is 4. The average Bonchev–Trinajstić information content (AvgIpc) is 3.91. The molecule has 0 bridgehead atoms. The van der Waals surface area contributed by atoms with E-state index in [1.165, 1.54) is 48.4 Å². The Morgan fingerprint density at radius 1 is 0.559 bits per heavy atom. The van der Waals surface area contributed by atoms with Crippen LogP contribution in [0.5, 0.6) is 0 Å². The standard InChI is InChI=1S/2C21H24N6OS.ClH/c2*1-15-7-11-27(12-8-15)13-17-3-2-4-18(23-17)25-21(28)26-19-14-29-20(24-19)16-5-9-22-10-6-16;/h2*2-6,9-10,14-15H,7-8,11-13H2,1H3,(H2,23,25,26,28);1H. The minimum atomic E-state index is -0.354. The summed E-state index contributed by atoms with van der Waals surface area (Å²) in [7, 11) is 0. The van der Waals surface area contributed by atoms with Gasteiger partial charge < -0.3 is 0 Å². The van der Waals surface area contributed by atoms with Crippen LogP contribution in [0.1, 0.15) is 50.9 Å². The van der Waals surface area contributed by atoms with Crippen LogP contribution in [0.4, 0.5) is 32.9 Å². The molecule has 6 aromatic heterocycles. The van der Waals surface area contributed by atoms with Crippen LogP contribution in [0.25, 0.3) is 21.1 Å². The second-order valence-corrected chi connectivity index (χ2v) is 16.4. The number of urea groups is 2. The van der Waals surface area contributed by atoms with E-state index in [1.54, 1.807) is 36.9 Å². The predicted molar refractivity (Wildman–Crippen MR) is 239 cm³/mol. The van der Waals surface area contributed by atoms with Gasteiger partial charge in [-0.2, -0.15) is 0 Å². The summed E-state index contributed by atoms with van der Waals surface area (Å²) >= 11 is 2.94. The van der Waals surface area contributed by atoms with Gasteiger partial charge in [-0.25, -0.2) is 29.5 Å². The number of thiazole rings is 2. The number of likely N-dealkylation sites (tertiary alicyclic amines) is 2. The van der Waals surface area contributed by atoms with Gasteiger partial charge in [0.2, 0.25) is 0 Å². The molecule has 0 unspecified atom stereocenters. The second-order valence-electron chi connectivity index (χ2n) is 14.7. The highest BCUT2D eigenvalue weighted by molar-refractivity contribution is 7.13. The third-order valence-corrected chi connectivity index (χ3v) is 11.7. The van der Waals surface area contributed by atoms with Crippen molar-refractivity contribution in [2.45, 2.75) is 52.6 Å². The van der Waals surface area contributed by atoms with Crippen LogP contribution < -0.4 is 21.3 Å². The third kappa shape index (κ3) is 13.3. The molecule has 0 aliphatic carbocycles. The number of aromatic nitrogens is 6. The highest BCUT2D eigenvalue weighted by Crippen LogP contribution is 2.27. The van der Waals surface area contributed by atoms with E-state index >= 15 is 0 Å². The first-order valence-electron chi connectivity index (χ1n) is 19.6. The van der Waals surface area contributed by atoms with E-state index in [9.17, 15) is 9.59 Å². The first-order chi connectivity index (χ1) is 28.3. The highest BCUT2D eigenvalue weighted by Gasteiger charge is 2.18. The van der Waals surface area contributed by atoms with Gasteiger partial charge in [-0.05, 0) is 112 Å². The van der Waals surface area contributed by atoms with E-state index in [0.29, 0.717) is 23.3 Å². The SMILES string of the molecule is CC1CCN(Cc2cccc(NC(=O)Nc3csc(-c4ccncc4)n3)n2)CC1.CC1CCN(Cc2cccc(NC(=O)Nc3csc(-c4ccncc4)n3)n2)CC1.Cl. The number of rotatable bonds is 10. The molecule has 17 heteroatoms. The molecule has 0 radical (unpaired) electrons. The van der Waals surface area contributed by atoms with E-state index in [0.717, 1.165) is 83.6 Å². The second kappa shape index (κ2) is 21.6. The Balaban J connectivity index is 0.000000195. The normalized spacial score (nSPS) is 14.9. The van der Waals surface area contributed by atoms with E-state index in [-0.39, 0.29) is 24.5 Å². The number of nitrogens with zero attached hydrogens (tertiary/aromatic N) is 8. The van der Waals surface area contributed by atoms with Crippen LogP contribution in [-0.2, 0) is 13.1 Å². The lowest BCUT2D eigenvalue weighted by Crippen LogP contribution is -2.32. The molecule has 6 aromatic rings. The van der Waals surface area contributed by atoms with Crippen molar-refractivity contribution in [3.63, 3.8) is 0 Å². The molecule has 2 aliphatic heterocycles. The fourth-order valence-electron chi connectivity index (χ4n) is 6.62. The number of carbonyl (C=O) groups excluding carboxylic acids is 2. The van der Waals surface area contributed by atoms with Crippen molar-refractivity contribution in [1.29, 1.82) is 0 Å². The summed E-state index contributed by atoms with van der Waals surface area (Å²) in [4.78, 5) is 55.6. The van der Waals surface area contributed by atoms with Crippen molar-refractivity contribution >= 4 is 70.4 Å². The number of amides is 4. The van der Waals surface area contributed by atoms with Gasteiger partial charge in [0.05, 0.1) is 11.4 Å². The Kier molecular flexibility index (Phi) is 15.8. The van der Waals surface area contributed by atoms with Crippen LogP contribution in [0.15, 0.2) is 96.2 Å². The molecule has 8 rings (SSSR count). The molecule has 0 aromatic carbocycles. The van der Waals surface area contributed by atoms with Gasteiger partial charge in [-0.15, -0.1) is 35.1 Å². The molecule has 4 N–H and O–H groups in total. The van der Waals surface area contributed by atoms with E-state index in [4.69, 9.17) is 0 Å². The van der Waals surface area contributed by atoms with Gasteiger partial charge in [0.25, 0.3) is 0 Å². The molecule has 2 saturated heterocycles. The highest BCUT2D eigenvalue weighted by atomic mass is 35.5. The Hall–Kier alpha value is -5.39. The van der Waals surface area contributed by atoms with Gasteiger partial charge in [-0.1, -0.05) is 26.0 Å². The van der Waals surface area contributed by atoms with E-state index in [2.05, 4.69) is 74.8 Å². The van der Waals surface area contributed by atoms with E-state index < -0.39 is 0 Å². The zero-order valence-electron chi connectivity index (χ0n) is 33.1. The Labute approximate surface area is 358 Å². The topological polar surface area (TPSA) is 166 Å². The number of pyridine rings is 4.